The van der Waals surface area contributed by atoms with E-state index in [1.54, 1.807) is 11.4 Å². The van der Waals surface area contributed by atoms with Crippen molar-refractivity contribution < 1.29 is 9.53 Å². The molecule has 0 unspecified atom stereocenters. The maximum atomic E-state index is 11.3. The molecule has 108 valence electrons. The van der Waals surface area contributed by atoms with Gasteiger partial charge in [-0.3, -0.25) is 4.79 Å². The topological polar surface area (TPSA) is 56.5 Å². The molecule has 0 saturated heterocycles. The molecule has 0 atom stereocenters. The van der Waals surface area contributed by atoms with E-state index in [1.165, 1.54) is 23.1 Å². The molecule has 3 rings (SSSR count). The molecule has 21 heavy (non-hydrogen) atoms. The predicted octanol–water partition coefficient (Wildman–Crippen LogP) is 3.11. The zero-order valence-electron chi connectivity index (χ0n) is 11.4. The number of aromatic nitrogens is 3. The Labute approximate surface area is 130 Å². The number of ether oxygens (including phenoxy) is 1. The summed E-state index contributed by atoms with van der Waals surface area (Å²) in [4.78, 5) is 16.7. The Bertz CT molecular complexity index is 721. The molecule has 0 aliphatic heterocycles. The third-order valence-corrected chi connectivity index (χ3v) is 4.74. The fourth-order valence-electron chi connectivity index (χ4n) is 1.81. The zero-order chi connectivity index (χ0) is 14.7. The Morgan fingerprint density at radius 1 is 1.38 bits per heavy atom. The Kier molecular flexibility index (Phi) is 4.21. The number of fused-ring (bicyclic) bond motifs is 1. The minimum absolute atomic E-state index is 0.222. The third-order valence-electron chi connectivity index (χ3n) is 2.71. The first kappa shape index (κ1) is 14.1. The van der Waals surface area contributed by atoms with Crippen LogP contribution in [0.1, 0.15) is 6.92 Å². The van der Waals surface area contributed by atoms with Crippen LogP contribution >= 0.6 is 23.1 Å². The van der Waals surface area contributed by atoms with Gasteiger partial charge in [-0.05, 0) is 6.92 Å². The zero-order valence-corrected chi connectivity index (χ0v) is 13.0. The van der Waals surface area contributed by atoms with Gasteiger partial charge < -0.3 is 4.74 Å². The number of carbonyl (C=O) groups excluding carboxylic acids is 1. The minimum Gasteiger partial charge on any atom is -0.465 e. The van der Waals surface area contributed by atoms with Crippen LogP contribution in [0.25, 0.3) is 16.2 Å². The summed E-state index contributed by atoms with van der Waals surface area (Å²) in [6, 6.07) is 9.98. The van der Waals surface area contributed by atoms with E-state index in [4.69, 9.17) is 4.74 Å². The van der Waals surface area contributed by atoms with E-state index in [-0.39, 0.29) is 11.7 Å². The molecule has 5 nitrogen and oxygen atoms in total. The predicted molar refractivity (Wildman–Crippen MR) is 83.7 cm³/mol. The first-order valence-corrected chi connectivity index (χ1v) is 8.26. The highest BCUT2D eigenvalue weighted by atomic mass is 32.2. The van der Waals surface area contributed by atoms with E-state index in [0.717, 1.165) is 20.6 Å². The van der Waals surface area contributed by atoms with Gasteiger partial charge in [0.25, 0.3) is 0 Å². The molecule has 0 spiro atoms. The van der Waals surface area contributed by atoms with E-state index in [0.29, 0.717) is 6.61 Å². The molecule has 1 aromatic carbocycles. The largest absolute Gasteiger partial charge is 0.465 e. The van der Waals surface area contributed by atoms with Crippen LogP contribution in [0.2, 0.25) is 0 Å². The van der Waals surface area contributed by atoms with Crippen LogP contribution in [-0.2, 0) is 9.53 Å². The molecule has 0 N–H and O–H groups in total. The van der Waals surface area contributed by atoms with Crippen molar-refractivity contribution in [3.8, 4) is 11.3 Å². The SMILES string of the molecule is CCOC(=O)CSc1nn2cc(-c3ccccc3)nc2s1. The van der Waals surface area contributed by atoms with E-state index in [9.17, 15) is 4.79 Å². The number of rotatable bonds is 5. The summed E-state index contributed by atoms with van der Waals surface area (Å²) in [5.74, 6) is 0.0519. The van der Waals surface area contributed by atoms with Gasteiger partial charge in [0, 0.05) is 5.56 Å². The van der Waals surface area contributed by atoms with Crippen molar-refractivity contribution in [2.24, 2.45) is 0 Å². The molecule has 2 heterocycles. The van der Waals surface area contributed by atoms with Gasteiger partial charge in [-0.15, -0.1) is 5.10 Å². The van der Waals surface area contributed by atoms with Gasteiger partial charge in [0.1, 0.15) is 0 Å². The number of hydrogen-bond donors (Lipinski definition) is 0. The second-order valence-corrected chi connectivity index (χ2v) is 6.36. The summed E-state index contributed by atoms with van der Waals surface area (Å²) in [6.07, 6.45) is 1.90. The molecular weight excluding hydrogens is 306 g/mol. The lowest BCUT2D eigenvalue weighted by atomic mass is 10.2. The van der Waals surface area contributed by atoms with E-state index >= 15 is 0 Å². The number of thioether (sulfide) groups is 1. The Hall–Kier alpha value is -1.86. The number of nitrogens with zero attached hydrogens (tertiary/aromatic N) is 3. The third kappa shape index (κ3) is 3.25. The number of esters is 1. The van der Waals surface area contributed by atoms with Crippen molar-refractivity contribution in [2.75, 3.05) is 12.4 Å². The van der Waals surface area contributed by atoms with Crippen molar-refractivity contribution in [1.29, 1.82) is 0 Å². The fraction of sp³-hybridized carbons (Fsp3) is 0.214. The number of imidazole rings is 1. The first-order chi connectivity index (χ1) is 10.3. The molecule has 0 aliphatic rings. The molecule has 0 saturated carbocycles. The monoisotopic (exact) mass is 319 g/mol. The van der Waals surface area contributed by atoms with Crippen LogP contribution < -0.4 is 0 Å². The second kappa shape index (κ2) is 6.28. The van der Waals surface area contributed by atoms with Gasteiger partial charge in [-0.2, -0.15) is 0 Å². The number of carbonyl (C=O) groups is 1. The first-order valence-electron chi connectivity index (χ1n) is 6.46. The van der Waals surface area contributed by atoms with E-state index in [2.05, 4.69) is 10.1 Å². The quantitative estimate of drug-likeness (QED) is 0.534. The van der Waals surface area contributed by atoms with Crippen molar-refractivity contribution in [2.45, 2.75) is 11.3 Å². The van der Waals surface area contributed by atoms with Crippen molar-refractivity contribution in [3.63, 3.8) is 0 Å². The average molecular weight is 319 g/mol. The summed E-state index contributed by atoms with van der Waals surface area (Å²) in [6.45, 7) is 2.20. The highest BCUT2D eigenvalue weighted by Crippen LogP contribution is 2.27. The summed E-state index contributed by atoms with van der Waals surface area (Å²) in [7, 11) is 0. The van der Waals surface area contributed by atoms with Crippen molar-refractivity contribution in [3.05, 3.63) is 36.5 Å². The van der Waals surface area contributed by atoms with Gasteiger partial charge in [0.2, 0.25) is 4.96 Å². The Morgan fingerprint density at radius 3 is 2.90 bits per heavy atom. The number of benzene rings is 1. The fourth-order valence-corrected chi connectivity index (χ4v) is 3.53. The Morgan fingerprint density at radius 2 is 2.19 bits per heavy atom. The normalized spacial score (nSPS) is 10.9. The highest BCUT2D eigenvalue weighted by Gasteiger charge is 2.11. The average Bonchev–Trinajstić information content (AvgIpc) is 3.04. The van der Waals surface area contributed by atoms with Crippen LogP contribution in [0.3, 0.4) is 0 Å². The molecule has 0 radical (unpaired) electrons. The summed E-state index contributed by atoms with van der Waals surface area (Å²) >= 11 is 2.84. The van der Waals surface area contributed by atoms with Crippen LogP contribution in [0.5, 0.6) is 0 Å². The van der Waals surface area contributed by atoms with Gasteiger partial charge in [-0.1, -0.05) is 53.4 Å². The molecule has 2 aromatic heterocycles. The van der Waals surface area contributed by atoms with Crippen molar-refractivity contribution >= 4 is 34.0 Å². The second-order valence-electron chi connectivity index (χ2n) is 4.18. The summed E-state index contributed by atoms with van der Waals surface area (Å²) < 4.78 is 7.45. The summed E-state index contributed by atoms with van der Waals surface area (Å²) in [5, 5.41) is 4.42. The van der Waals surface area contributed by atoms with Crippen LogP contribution in [0, 0.1) is 0 Å². The Balaban J connectivity index is 1.74. The lowest BCUT2D eigenvalue weighted by Crippen LogP contribution is -2.06. The lowest BCUT2D eigenvalue weighted by Gasteiger charge is -1.98. The van der Waals surface area contributed by atoms with Crippen LogP contribution in [0.15, 0.2) is 40.9 Å². The molecular formula is C14H13N3O2S2. The molecule has 0 bridgehead atoms. The van der Waals surface area contributed by atoms with Crippen molar-refractivity contribution in [1.82, 2.24) is 14.6 Å². The molecule has 0 amide bonds. The van der Waals surface area contributed by atoms with E-state index < -0.39 is 0 Å². The minimum atomic E-state index is -0.222. The van der Waals surface area contributed by atoms with Gasteiger partial charge in [0.15, 0.2) is 4.34 Å². The smallest absolute Gasteiger partial charge is 0.316 e. The standard InChI is InChI=1S/C14H13N3O2S2/c1-2-19-12(18)9-20-14-16-17-8-11(15-13(17)21-14)10-6-4-3-5-7-10/h3-8H,2,9H2,1H3. The van der Waals surface area contributed by atoms with Gasteiger partial charge in [0.05, 0.1) is 24.3 Å². The molecule has 0 aliphatic carbocycles. The van der Waals surface area contributed by atoms with Crippen LogP contribution in [0.4, 0.5) is 0 Å². The van der Waals surface area contributed by atoms with Gasteiger partial charge >= 0.3 is 5.97 Å². The van der Waals surface area contributed by atoms with Crippen LogP contribution in [-0.4, -0.2) is 32.9 Å². The maximum Gasteiger partial charge on any atom is 0.316 e. The molecule has 3 aromatic rings. The number of hydrogen-bond acceptors (Lipinski definition) is 6. The summed E-state index contributed by atoms with van der Waals surface area (Å²) in [5.41, 5.74) is 1.97. The van der Waals surface area contributed by atoms with Gasteiger partial charge in [-0.25, -0.2) is 9.50 Å². The molecule has 0 fully saturated rings. The lowest BCUT2D eigenvalue weighted by molar-refractivity contribution is -0.139. The van der Waals surface area contributed by atoms with E-state index in [1.807, 2.05) is 36.5 Å². The highest BCUT2D eigenvalue weighted by molar-refractivity contribution is 8.01. The maximum absolute atomic E-state index is 11.3. The molecule has 7 heteroatoms.